The van der Waals surface area contributed by atoms with Gasteiger partial charge in [-0.25, -0.2) is 8.42 Å². The second-order valence-electron chi connectivity index (χ2n) is 10.9. The van der Waals surface area contributed by atoms with Gasteiger partial charge < -0.3 is 10.2 Å². The molecule has 7 nitrogen and oxygen atoms in total. The van der Waals surface area contributed by atoms with Crippen LogP contribution in [-0.2, 0) is 32.6 Å². The standard InChI is InChI=1S/C35H37Cl2N3O4S/c1-4-26(3)38-35(42)33(22-27-13-7-5-8-14-27)39(23-28-15-11-12-18-31(28)37)34(41)24-40(32-20-19-29(36)21-25(32)2)45(43,44)30-16-9-6-10-17-30/h5-21,26,33H,4,22-24H2,1-3H3,(H,38,42)/t26-,33+/m1/s1. The van der Waals surface area contributed by atoms with Gasteiger partial charge in [0.25, 0.3) is 10.0 Å². The van der Waals surface area contributed by atoms with E-state index in [4.69, 9.17) is 23.2 Å². The normalized spacial score (nSPS) is 12.6. The molecule has 1 N–H and O–H groups in total. The van der Waals surface area contributed by atoms with Crippen LogP contribution in [0.1, 0.15) is 37.0 Å². The Hall–Kier alpha value is -3.85. The average molecular weight is 667 g/mol. The lowest BCUT2D eigenvalue weighted by Gasteiger charge is -2.34. The Kier molecular flexibility index (Phi) is 11.7. The van der Waals surface area contributed by atoms with Gasteiger partial charge in [-0.05, 0) is 73.4 Å². The van der Waals surface area contributed by atoms with E-state index in [9.17, 15) is 18.0 Å². The molecule has 45 heavy (non-hydrogen) atoms. The fourth-order valence-corrected chi connectivity index (χ4v) is 6.86. The van der Waals surface area contributed by atoms with E-state index < -0.39 is 28.5 Å². The Morgan fingerprint density at radius 1 is 0.867 bits per heavy atom. The second-order valence-corrected chi connectivity index (χ2v) is 13.6. The number of amides is 2. The number of carbonyl (C=O) groups is 2. The first-order valence-corrected chi connectivity index (χ1v) is 16.9. The molecule has 0 saturated heterocycles. The molecule has 10 heteroatoms. The molecule has 4 aromatic rings. The summed E-state index contributed by atoms with van der Waals surface area (Å²) in [6, 6.07) is 28.2. The third-order valence-corrected chi connectivity index (χ3v) is 9.99. The molecule has 0 aromatic heterocycles. The minimum Gasteiger partial charge on any atom is -0.352 e. The van der Waals surface area contributed by atoms with Gasteiger partial charge in [0.1, 0.15) is 12.6 Å². The smallest absolute Gasteiger partial charge is 0.264 e. The number of rotatable bonds is 13. The summed E-state index contributed by atoms with van der Waals surface area (Å²) in [4.78, 5) is 29.9. The zero-order valence-electron chi connectivity index (χ0n) is 25.5. The summed E-state index contributed by atoms with van der Waals surface area (Å²) in [5.41, 5.74) is 2.35. The average Bonchev–Trinajstić information content (AvgIpc) is 3.03. The summed E-state index contributed by atoms with van der Waals surface area (Å²) in [7, 11) is -4.21. The molecule has 0 aliphatic carbocycles. The number of nitrogens with one attached hydrogen (secondary N) is 1. The van der Waals surface area contributed by atoms with Crippen LogP contribution in [0.15, 0.2) is 108 Å². The van der Waals surface area contributed by atoms with Gasteiger partial charge in [-0.2, -0.15) is 0 Å². The van der Waals surface area contributed by atoms with Gasteiger partial charge >= 0.3 is 0 Å². The van der Waals surface area contributed by atoms with Crippen LogP contribution in [0, 0.1) is 6.92 Å². The molecule has 4 rings (SSSR count). The monoisotopic (exact) mass is 665 g/mol. The molecule has 0 unspecified atom stereocenters. The lowest BCUT2D eigenvalue weighted by molar-refractivity contribution is -0.140. The van der Waals surface area contributed by atoms with Crippen molar-refractivity contribution in [3.05, 3.63) is 130 Å². The largest absolute Gasteiger partial charge is 0.352 e. The van der Waals surface area contributed by atoms with Gasteiger partial charge in [0, 0.05) is 29.1 Å². The lowest BCUT2D eigenvalue weighted by Crippen LogP contribution is -2.54. The zero-order chi connectivity index (χ0) is 32.6. The first-order valence-electron chi connectivity index (χ1n) is 14.7. The van der Waals surface area contributed by atoms with Crippen molar-refractivity contribution >= 4 is 50.7 Å². The Labute approximate surface area is 275 Å². The van der Waals surface area contributed by atoms with Crippen LogP contribution in [0.3, 0.4) is 0 Å². The van der Waals surface area contributed by atoms with Crippen molar-refractivity contribution in [2.45, 2.75) is 57.1 Å². The molecule has 0 radical (unpaired) electrons. The summed E-state index contributed by atoms with van der Waals surface area (Å²) in [6.07, 6.45) is 0.909. The zero-order valence-corrected chi connectivity index (χ0v) is 27.8. The number of nitrogens with zero attached hydrogens (tertiary/aromatic N) is 2. The molecule has 0 saturated carbocycles. The number of carbonyl (C=O) groups excluding carboxylic acids is 2. The van der Waals surface area contributed by atoms with E-state index in [1.165, 1.54) is 17.0 Å². The summed E-state index contributed by atoms with van der Waals surface area (Å²) >= 11 is 12.8. The van der Waals surface area contributed by atoms with Crippen molar-refractivity contribution in [1.29, 1.82) is 0 Å². The van der Waals surface area contributed by atoms with Crippen LogP contribution in [0.5, 0.6) is 0 Å². The van der Waals surface area contributed by atoms with Crippen molar-refractivity contribution in [1.82, 2.24) is 10.2 Å². The van der Waals surface area contributed by atoms with Crippen LogP contribution in [0.4, 0.5) is 5.69 Å². The highest BCUT2D eigenvalue weighted by Crippen LogP contribution is 2.30. The molecule has 236 valence electrons. The van der Waals surface area contributed by atoms with E-state index in [1.807, 2.05) is 44.2 Å². The summed E-state index contributed by atoms with van der Waals surface area (Å²) in [5, 5.41) is 3.89. The molecular weight excluding hydrogens is 629 g/mol. The van der Waals surface area contributed by atoms with E-state index in [2.05, 4.69) is 5.32 Å². The molecule has 2 amide bonds. The molecule has 0 bridgehead atoms. The highest BCUT2D eigenvalue weighted by Gasteiger charge is 2.35. The molecule has 4 aromatic carbocycles. The van der Waals surface area contributed by atoms with Crippen molar-refractivity contribution in [3.8, 4) is 0 Å². The lowest BCUT2D eigenvalue weighted by atomic mass is 10.0. The van der Waals surface area contributed by atoms with E-state index in [0.29, 0.717) is 33.3 Å². The number of benzene rings is 4. The van der Waals surface area contributed by atoms with Gasteiger partial charge in [-0.1, -0.05) is 96.9 Å². The van der Waals surface area contributed by atoms with Crippen LogP contribution in [0.2, 0.25) is 10.0 Å². The number of sulfonamides is 1. The predicted molar refractivity (Wildman–Crippen MR) is 181 cm³/mol. The van der Waals surface area contributed by atoms with Gasteiger partial charge in [0.15, 0.2) is 0 Å². The van der Waals surface area contributed by atoms with Gasteiger partial charge in [-0.15, -0.1) is 0 Å². The van der Waals surface area contributed by atoms with E-state index in [1.54, 1.807) is 67.6 Å². The highest BCUT2D eigenvalue weighted by atomic mass is 35.5. The third-order valence-electron chi connectivity index (χ3n) is 7.61. The summed E-state index contributed by atoms with van der Waals surface area (Å²) in [6.45, 7) is 5.02. The minimum atomic E-state index is -4.21. The van der Waals surface area contributed by atoms with Crippen molar-refractivity contribution < 1.29 is 18.0 Å². The van der Waals surface area contributed by atoms with Crippen LogP contribution in [-0.4, -0.2) is 43.8 Å². The second kappa shape index (κ2) is 15.4. The Bertz CT molecular complexity index is 1720. The van der Waals surface area contributed by atoms with E-state index in [0.717, 1.165) is 9.87 Å². The molecule has 0 aliphatic rings. The van der Waals surface area contributed by atoms with Crippen LogP contribution < -0.4 is 9.62 Å². The first-order chi connectivity index (χ1) is 21.5. The quantitative estimate of drug-likeness (QED) is 0.166. The van der Waals surface area contributed by atoms with Crippen LogP contribution >= 0.6 is 23.2 Å². The van der Waals surface area contributed by atoms with Gasteiger partial charge in [-0.3, -0.25) is 13.9 Å². The van der Waals surface area contributed by atoms with E-state index >= 15 is 0 Å². The Morgan fingerprint density at radius 2 is 1.49 bits per heavy atom. The number of halogens is 2. The van der Waals surface area contributed by atoms with Crippen molar-refractivity contribution in [2.75, 3.05) is 10.8 Å². The van der Waals surface area contributed by atoms with Crippen LogP contribution in [0.25, 0.3) is 0 Å². The highest BCUT2D eigenvalue weighted by molar-refractivity contribution is 7.92. The number of hydrogen-bond donors (Lipinski definition) is 1. The molecule has 0 aliphatic heterocycles. The molecule has 2 atom stereocenters. The number of hydrogen-bond acceptors (Lipinski definition) is 4. The number of anilines is 1. The van der Waals surface area contributed by atoms with E-state index in [-0.39, 0.29) is 29.8 Å². The topological polar surface area (TPSA) is 86.8 Å². The minimum absolute atomic E-state index is 0.0112. The van der Waals surface area contributed by atoms with Crippen molar-refractivity contribution in [3.63, 3.8) is 0 Å². The first kappa shape index (κ1) is 34.0. The Morgan fingerprint density at radius 3 is 2.11 bits per heavy atom. The summed E-state index contributed by atoms with van der Waals surface area (Å²) < 4.78 is 29.4. The fraction of sp³-hybridized carbons (Fsp3) is 0.257. The summed E-state index contributed by atoms with van der Waals surface area (Å²) in [5.74, 6) is -0.905. The van der Waals surface area contributed by atoms with Crippen molar-refractivity contribution in [2.24, 2.45) is 0 Å². The Balaban J connectivity index is 1.83. The molecule has 0 spiro atoms. The molecule has 0 fully saturated rings. The molecular formula is C35H37Cl2N3O4S. The number of aryl methyl sites for hydroxylation is 1. The van der Waals surface area contributed by atoms with Gasteiger partial charge in [0.2, 0.25) is 11.8 Å². The van der Waals surface area contributed by atoms with Gasteiger partial charge in [0.05, 0.1) is 10.6 Å². The maximum Gasteiger partial charge on any atom is 0.264 e. The molecule has 0 heterocycles. The predicted octanol–water partition coefficient (Wildman–Crippen LogP) is 7.05. The third kappa shape index (κ3) is 8.66. The SMILES string of the molecule is CC[C@@H](C)NC(=O)[C@H](Cc1ccccc1)N(Cc1ccccc1Cl)C(=O)CN(c1ccc(Cl)cc1C)S(=O)(=O)c1ccccc1. The maximum absolute atomic E-state index is 14.6. The maximum atomic E-state index is 14.6. The fourth-order valence-electron chi connectivity index (χ4n) is 4.94.